The lowest BCUT2D eigenvalue weighted by atomic mass is 10.1. The Hall–Kier alpha value is -2.81. The third-order valence-corrected chi connectivity index (χ3v) is 4.92. The summed E-state index contributed by atoms with van der Waals surface area (Å²) in [5, 5.41) is -0.586. The number of amides is 2. The quantitative estimate of drug-likeness (QED) is 0.443. The normalized spacial score (nSPS) is 16.1. The van der Waals surface area contributed by atoms with Gasteiger partial charge in [0.1, 0.15) is 11.8 Å². The van der Waals surface area contributed by atoms with Crippen molar-refractivity contribution in [3.63, 3.8) is 0 Å². The van der Waals surface area contributed by atoms with E-state index >= 15 is 0 Å². The van der Waals surface area contributed by atoms with Gasteiger partial charge in [-0.15, -0.1) is 0 Å². The average molecular weight is 421 g/mol. The molecule has 1 atom stereocenters. The number of thioether (sulfide) groups is 1. The Morgan fingerprint density at radius 3 is 2.34 bits per heavy atom. The van der Waals surface area contributed by atoms with Crippen molar-refractivity contribution in [2.24, 2.45) is 0 Å². The first-order valence-electron chi connectivity index (χ1n) is 9.14. The zero-order valence-electron chi connectivity index (χ0n) is 16.5. The van der Waals surface area contributed by atoms with Gasteiger partial charge < -0.3 is 14.2 Å². The number of ether oxygens (including phenoxy) is 3. The van der Waals surface area contributed by atoms with Gasteiger partial charge in [0, 0.05) is 6.42 Å². The number of methoxy groups -OCH3 is 1. The third kappa shape index (κ3) is 5.83. The summed E-state index contributed by atoms with van der Waals surface area (Å²) in [4.78, 5) is 50.4. The van der Waals surface area contributed by atoms with E-state index in [0.717, 1.165) is 16.7 Å². The summed E-state index contributed by atoms with van der Waals surface area (Å²) >= 11 is 0.738. The zero-order valence-corrected chi connectivity index (χ0v) is 17.3. The molecule has 1 saturated heterocycles. The molecule has 1 unspecified atom stereocenters. The van der Waals surface area contributed by atoms with Crippen LogP contribution in [0.1, 0.15) is 32.3 Å². The lowest BCUT2D eigenvalue weighted by molar-refractivity contribution is -0.152. The van der Waals surface area contributed by atoms with E-state index in [-0.39, 0.29) is 31.0 Å². The Bertz CT molecular complexity index is 804. The van der Waals surface area contributed by atoms with Crippen LogP contribution < -0.4 is 4.74 Å². The van der Waals surface area contributed by atoms with Gasteiger partial charge in [0.25, 0.3) is 11.1 Å². The predicted octanol–water partition coefficient (Wildman–Crippen LogP) is 3.01. The second-order valence-electron chi connectivity index (χ2n) is 5.94. The molecule has 2 rings (SSSR count). The molecule has 8 nitrogen and oxygen atoms in total. The summed E-state index contributed by atoms with van der Waals surface area (Å²) < 4.78 is 15.0. The molecule has 0 bridgehead atoms. The van der Waals surface area contributed by atoms with Crippen molar-refractivity contribution in [2.45, 2.75) is 32.7 Å². The number of hydrogen-bond acceptors (Lipinski definition) is 8. The minimum Gasteiger partial charge on any atom is -0.497 e. The first-order chi connectivity index (χ1) is 13.9. The van der Waals surface area contributed by atoms with Crippen LogP contribution in [0.15, 0.2) is 29.2 Å². The molecule has 0 aliphatic carbocycles. The third-order valence-electron chi connectivity index (χ3n) is 4.03. The largest absolute Gasteiger partial charge is 0.497 e. The van der Waals surface area contributed by atoms with E-state index < -0.39 is 29.1 Å². The summed E-state index contributed by atoms with van der Waals surface area (Å²) in [6.45, 7) is 3.58. The zero-order chi connectivity index (χ0) is 21.4. The molecule has 1 aliphatic rings. The number of imide groups is 1. The fourth-order valence-corrected chi connectivity index (χ4v) is 3.56. The Morgan fingerprint density at radius 2 is 1.76 bits per heavy atom. The van der Waals surface area contributed by atoms with Gasteiger partial charge in [-0.05, 0) is 55.8 Å². The molecule has 0 saturated carbocycles. The lowest BCUT2D eigenvalue weighted by Gasteiger charge is -2.23. The minimum atomic E-state index is -1.19. The molecule has 9 heteroatoms. The number of nitrogens with zero attached hydrogens (tertiary/aromatic N) is 1. The second kappa shape index (κ2) is 10.7. The second-order valence-corrected chi connectivity index (χ2v) is 6.93. The monoisotopic (exact) mass is 421 g/mol. The van der Waals surface area contributed by atoms with E-state index in [4.69, 9.17) is 14.2 Å². The molecule has 1 heterocycles. The van der Waals surface area contributed by atoms with Crippen molar-refractivity contribution in [1.29, 1.82) is 0 Å². The van der Waals surface area contributed by atoms with Gasteiger partial charge in [-0.2, -0.15) is 0 Å². The van der Waals surface area contributed by atoms with Gasteiger partial charge in [-0.1, -0.05) is 12.1 Å². The van der Waals surface area contributed by atoms with Gasteiger partial charge in [0.05, 0.1) is 25.2 Å². The lowest BCUT2D eigenvalue weighted by Crippen LogP contribution is -2.45. The Kier molecular flexibility index (Phi) is 8.26. The highest BCUT2D eigenvalue weighted by Crippen LogP contribution is 2.35. The van der Waals surface area contributed by atoms with Crippen LogP contribution in [0.3, 0.4) is 0 Å². The van der Waals surface area contributed by atoms with E-state index in [1.807, 2.05) is 0 Å². The maximum Gasteiger partial charge on any atom is 0.329 e. The van der Waals surface area contributed by atoms with E-state index in [1.54, 1.807) is 51.3 Å². The maximum atomic E-state index is 12.8. The van der Waals surface area contributed by atoms with E-state index in [0.29, 0.717) is 11.3 Å². The van der Waals surface area contributed by atoms with Gasteiger partial charge >= 0.3 is 11.9 Å². The van der Waals surface area contributed by atoms with Crippen LogP contribution in [0.25, 0.3) is 6.08 Å². The van der Waals surface area contributed by atoms with Crippen LogP contribution in [0.2, 0.25) is 0 Å². The van der Waals surface area contributed by atoms with Gasteiger partial charge in [-0.25, -0.2) is 4.79 Å². The van der Waals surface area contributed by atoms with Crippen molar-refractivity contribution >= 4 is 40.9 Å². The molecule has 156 valence electrons. The summed E-state index contributed by atoms with van der Waals surface area (Å²) in [6, 6.07) is 5.77. The summed E-state index contributed by atoms with van der Waals surface area (Å²) in [5.74, 6) is -1.18. The Morgan fingerprint density at radius 1 is 1.10 bits per heavy atom. The van der Waals surface area contributed by atoms with Crippen molar-refractivity contribution in [3.8, 4) is 5.75 Å². The molecule has 29 heavy (non-hydrogen) atoms. The van der Waals surface area contributed by atoms with Gasteiger partial charge in [-0.3, -0.25) is 19.3 Å². The first kappa shape index (κ1) is 22.5. The fraction of sp³-hybridized carbons (Fsp3) is 0.400. The number of carbonyl (C=O) groups excluding carboxylic acids is 4. The molecular weight excluding hydrogens is 398 g/mol. The average Bonchev–Trinajstić information content (AvgIpc) is 2.97. The van der Waals surface area contributed by atoms with Crippen LogP contribution in [0.5, 0.6) is 5.75 Å². The molecule has 2 amide bonds. The molecule has 0 radical (unpaired) electrons. The van der Waals surface area contributed by atoms with Crippen molar-refractivity contribution in [3.05, 3.63) is 34.7 Å². The highest BCUT2D eigenvalue weighted by atomic mass is 32.2. The molecular formula is C20H23NO7S. The SMILES string of the molecule is CCOC(=O)CCC(C(=O)OCC)N1C(=O)S/C(=C\c2ccc(OC)cc2)C1=O. The van der Waals surface area contributed by atoms with E-state index in [2.05, 4.69) is 0 Å². The summed E-state index contributed by atoms with van der Waals surface area (Å²) in [6.07, 6.45) is 1.39. The van der Waals surface area contributed by atoms with Crippen molar-refractivity contribution in [2.75, 3.05) is 20.3 Å². The molecule has 0 aromatic heterocycles. The Balaban J connectivity index is 2.22. The topological polar surface area (TPSA) is 99.2 Å². The standard InChI is InChI=1S/C20H23NO7S/c1-4-27-17(22)11-10-15(19(24)28-5-2)21-18(23)16(29-20(21)25)12-13-6-8-14(26-3)9-7-13/h6-9,12,15H,4-5,10-11H2,1-3H3/b16-12-. The summed E-state index contributed by atoms with van der Waals surface area (Å²) in [7, 11) is 1.55. The van der Waals surface area contributed by atoms with Gasteiger partial charge in [0.15, 0.2) is 0 Å². The number of esters is 2. The molecule has 1 aromatic rings. The number of rotatable bonds is 9. The van der Waals surface area contributed by atoms with Crippen LogP contribution in [0, 0.1) is 0 Å². The maximum absolute atomic E-state index is 12.8. The summed E-state index contributed by atoms with van der Waals surface area (Å²) in [5.41, 5.74) is 0.704. The van der Waals surface area contributed by atoms with Gasteiger partial charge in [0.2, 0.25) is 0 Å². The fourth-order valence-electron chi connectivity index (χ4n) is 2.68. The molecule has 1 aliphatic heterocycles. The van der Waals surface area contributed by atoms with Crippen LogP contribution in [0.4, 0.5) is 4.79 Å². The number of benzene rings is 1. The van der Waals surface area contributed by atoms with E-state index in [9.17, 15) is 19.2 Å². The molecule has 0 N–H and O–H groups in total. The highest BCUT2D eigenvalue weighted by molar-refractivity contribution is 8.18. The van der Waals surface area contributed by atoms with Crippen molar-refractivity contribution in [1.82, 2.24) is 4.90 Å². The van der Waals surface area contributed by atoms with E-state index in [1.165, 1.54) is 0 Å². The molecule has 1 fully saturated rings. The first-order valence-corrected chi connectivity index (χ1v) is 9.96. The number of carbonyl (C=O) groups is 4. The van der Waals surface area contributed by atoms with Crippen LogP contribution >= 0.6 is 11.8 Å². The Labute approximate surface area is 173 Å². The highest BCUT2D eigenvalue weighted by Gasteiger charge is 2.43. The number of hydrogen-bond donors (Lipinski definition) is 0. The molecule has 1 aromatic carbocycles. The predicted molar refractivity (Wildman–Crippen MR) is 107 cm³/mol. The smallest absolute Gasteiger partial charge is 0.329 e. The van der Waals surface area contributed by atoms with Crippen molar-refractivity contribution < 1.29 is 33.4 Å². The van der Waals surface area contributed by atoms with Crippen LogP contribution in [-0.4, -0.2) is 54.4 Å². The van der Waals surface area contributed by atoms with Crippen LogP contribution in [-0.2, 0) is 23.9 Å². The minimum absolute atomic E-state index is 0.0640. The molecule has 0 spiro atoms.